The van der Waals surface area contributed by atoms with E-state index in [-0.39, 0.29) is 17.8 Å². The molecule has 2 aromatic heterocycles. The van der Waals surface area contributed by atoms with Crippen LogP contribution < -0.4 is 10.2 Å². The molecule has 3 aromatic rings. The fourth-order valence-electron chi connectivity index (χ4n) is 3.49. The van der Waals surface area contributed by atoms with Crippen LogP contribution in [0.4, 0.5) is 5.82 Å². The summed E-state index contributed by atoms with van der Waals surface area (Å²) in [5, 5.41) is 11.5. The molecule has 2 amide bonds. The molecule has 4 rings (SSSR count). The Balaban J connectivity index is 1.47. The molecular formula is C20H23N7O2. The number of carbonyl (C=O) groups is 2. The summed E-state index contributed by atoms with van der Waals surface area (Å²) in [6.07, 6.45) is 1.98. The highest BCUT2D eigenvalue weighted by Gasteiger charge is 2.31. The summed E-state index contributed by atoms with van der Waals surface area (Å²) in [6.45, 7) is 4.41. The fourth-order valence-corrected chi connectivity index (χ4v) is 3.49. The quantitative estimate of drug-likeness (QED) is 0.725. The summed E-state index contributed by atoms with van der Waals surface area (Å²) in [4.78, 5) is 31.1. The smallest absolute Gasteiger partial charge is 0.291 e. The Bertz CT molecular complexity index is 1040. The van der Waals surface area contributed by atoms with Gasteiger partial charge in [-0.15, -0.1) is 5.10 Å². The molecule has 0 spiro atoms. The number of hydrogen-bond acceptors (Lipinski definition) is 5. The average molecular weight is 393 g/mol. The van der Waals surface area contributed by atoms with E-state index < -0.39 is 11.9 Å². The van der Waals surface area contributed by atoms with Gasteiger partial charge in [0.15, 0.2) is 0 Å². The predicted octanol–water partition coefficient (Wildman–Crippen LogP) is 1.56. The van der Waals surface area contributed by atoms with Crippen LogP contribution in [0.2, 0.25) is 0 Å². The highest BCUT2D eigenvalue weighted by Crippen LogP contribution is 2.21. The van der Waals surface area contributed by atoms with Gasteiger partial charge in [-0.3, -0.25) is 14.5 Å². The molecule has 1 N–H and O–H groups in total. The van der Waals surface area contributed by atoms with Gasteiger partial charge in [0, 0.05) is 19.7 Å². The molecule has 0 aliphatic carbocycles. The van der Waals surface area contributed by atoms with E-state index in [9.17, 15) is 9.59 Å². The maximum atomic E-state index is 12.8. The Morgan fingerprint density at radius 1 is 1.24 bits per heavy atom. The number of carbonyl (C=O) groups excluding carboxylic acids is 2. The minimum Gasteiger partial charge on any atom is -0.337 e. The standard InChI is InChI=1S/C20H23N7O2/c1-13-11-17-25(3)20(29)16(9-10-26(17)23-13)22-19(28)18-21-12-27(24-18)14(2)15-7-5-4-6-8-15/h4-8,11-12,14,16H,9-10H2,1-3H3,(H,22,28)/t14-,16?/m0/s1. The van der Waals surface area contributed by atoms with Gasteiger partial charge in [-0.05, 0) is 25.8 Å². The molecule has 0 bridgehead atoms. The monoisotopic (exact) mass is 393 g/mol. The molecule has 0 radical (unpaired) electrons. The zero-order valence-corrected chi connectivity index (χ0v) is 16.6. The lowest BCUT2D eigenvalue weighted by Gasteiger charge is -2.19. The van der Waals surface area contributed by atoms with E-state index in [0.717, 1.165) is 17.1 Å². The number of anilines is 1. The van der Waals surface area contributed by atoms with E-state index in [0.29, 0.717) is 13.0 Å². The summed E-state index contributed by atoms with van der Waals surface area (Å²) in [5.41, 5.74) is 1.92. The van der Waals surface area contributed by atoms with Gasteiger partial charge >= 0.3 is 0 Å². The van der Waals surface area contributed by atoms with Crippen molar-refractivity contribution in [2.24, 2.45) is 0 Å². The van der Waals surface area contributed by atoms with E-state index in [4.69, 9.17) is 0 Å². The van der Waals surface area contributed by atoms with E-state index in [2.05, 4.69) is 20.5 Å². The van der Waals surface area contributed by atoms with Gasteiger partial charge in [0.1, 0.15) is 18.2 Å². The van der Waals surface area contributed by atoms with Crippen LogP contribution in [0, 0.1) is 6.92 Å². The molecule has 1 aliphatic heterocycles. The molecule has 0 fully saturated rings. The first kappa shape index (κ1) is 18.9. The molecule has 150 valence electrons. The minimum absolute atomic E-state index is 0.0427. The molecule has 9 heteroatoms. The topological polar surface area (TPSA) is 97.9 Å². The van der Waals surface area contributed by atoms with Gasteiger partial charge in [-0.1, -0.05) is 30.3 Å². The Morgan fingerprint density at radius 3 is 2.76 bits per heavy atom. The zero-order chi connectivity index (χ0) is 20.5. The first-order valence-corrected chi connectivity index (χ1v) is 9.53. The van der Waals surface area contributed by atoms with Crippen molar-refractivity contribution in [3.8, 4) is 0 Å². The SMILES string of the molecule is Cc1cc2n(n1)CCC(NC(=O)c1ncn([C@@H](C)c3ccccc3)n1)C(=O)N2C. The van der Waals surface area contributed by atoms with Gasteiger partial charge < -0.3 is 5.32 Å². The van der Waals surface area contributed by atoms with Crippen LogP contribution in [-0.2, 0) is 11.3 Å². The predicted molar refractivity (Wildman–Crippen MR) is 107 cm³/mol. The first-order valence-electron chi connectivity index (χ1n) is 9.53. The van der Waals surface area contributed by atoms with Crippen molar-refractivity contribution in [3.05, 3.63) is 59.8 Å². The maximum Gasteiger partial charge on any atom is 0.291 e. The van der Waals surface area contributed by atoms with Gasteiger partial charge in [-0.25, -0.2) is 14.3 Å². The van der Waals surface area contributed by atoms with E-state index in [1.807, 2.05) is 50.2 Å². The number of rotatable bonds is 4. The number of amides is 2. The van der Waals surface area contributed by atoms with Crippen molar-refractivity contribution in [1.29, 1.82) is 0 Å². The number of benzene rings is 1. The maximum absolute atomic E-state index is 12.8. The van der Waals surface area contributed by atoms with Crippen molar-refractivity contribution in [2.45, 2.75) is 38.9 Å². The molecule has 0 saturated heterocycles. The molecule has 1 unspecified atom stereocenters. The first-order chi connectivity index (χ1) is 13.9. The van der Waals surface area contributed by atoms with E-state index in [1.165, 1.54) is 11.2 Å². The lowest BCUT2D eigenvalue weighted by molar-refractivity contribution is -0.120. The van der Waals surface area contributed by atoms with Gasteiger partial charge in [0.2, 0.25) is 5.82 Å². The van der Waals surface area contributed by atoms with Crippen molar-refractivity contribution in [3.63, 3.8) is 0 Å². The number of aromatic nitrogens is 5. The summed E-state index contributed by atoms with van der Waals surface area (Å²) < 4.78 is 3.43. The summed E-state index contributed by atoms with van der Waals surface area (Å²) in [7, 11) is 1.69. The molecule has 1 aliphatic rings. The van der Waals surface area contributed by atoms with Crippen LogP contribution in [0.25, 0.3) is 0 Å². The third-order valence-corrected chi connectivity index (χ3v) is 5.18. The summed E-state index contributed by atoms with van der Waals surface area (Å²) >= 11 is 0. The molecule has 0 saturated carbocycles. The molecule has 2 atom stereocenters. The number of aryl methyl sites for hydroxylation is 2. The van der Waals surface area contributed by atoms with Gasteiger partial charge in [0.25, 0.3) is 11.8 Å². The second-order valence-corrected chi connectivity index (χ2v) is 7.21. The number of hydrogen-bond donors (Lipinski definition) is 1. The molecule has 29 heavy (non-hydrogen) atoms. The van der Waals surface area contributed by atoms with Crippen LogP contribution >= 0.6 is 0 Å². The highest BCUT2D eigenvalue weighted by molar-refractivity contribution is 6.00. The lowest BCUT2D eigenvalue weighted by atomic mass is 10.1. The summed E-state index contributed by atoms with van der Waals surface area (Å²) in [5.74, 6) is 0.116. The number of likely N-dealkylation sites (N-methyl/N-ethyl adjacent to an activating group) is 1. The Hall–Kier alpha value is -3.49. The third-order valence-electron chi connectivity index (χ3n) is 5.18. The summed E-state index contributed by atoms with van der Waals surface area (Å²) in [6, 6.07) is 11.0. The fraction of sp³-hybridized carbons (Fsp3) is 0.350. The van der Waals surface area contributed by atoms with Crippen molar-refractivity contribution in [1.82, 2.24) is 29.9 Å². The molecular weight excluding hydrogens is 370 g/mol. The Kier molecular flexibility index (Phi) is 4.87. The molecule has 9 nitrogen and oxygen atoms in total. The second kappa shape index (κ2) is 7.50. The van der Waals surface area contributed by atoms with E-state index in [1.54, 1.807) is 16.4 Å². The van der Waals surface area contributed by atoms with Gasteiger partial charge in [0.05, 0.1) is 11.7 Å². The van der Waals surface area contributed by atoms with Crippen molar-refractivity contribution >= 4 is 17.6 Å². The molecule has 3 heterocycles. The van der Waals surface area contributed by atoms with Crippen molar-refractivity contribution < 1.29 is 9.59 Å². The van der Waals surface area contributed by atoms with Crippen LogP contribution in [0.1, 0.15) is 41.3 Å². The lowest BCUT2D eigenvalue weighted by Crippen LogP contribution is -2.47. The Labute approximate surface area is 168 Å². The van der Waals surface area contributed by atoms with Crippen molar-refractivity contribution in [2.75, 3.05) is 11.9 Å². The van der Waals surface area contributed by atoms with Crippen LogP contribution in [0.5, 0.6) is 0 Å². The highest BCUT2D eigenvalue weighted by atomic mass is 16.2. The van der Waals surface area contributed by atoms with Crippen LogP contribution in [0.15, 0.2) is 42.7 Å². The van der Waals surface area contributed by atoms with Gasteiger partial charge in [-0.2, -0.15) is 5.10 Å². The minimum atomic E-state index is -0.659. The number of nitrogens with zero attached hydrogens (tertiary/aromatic N) is 6. The Morgan fingerprint density at radius 2 is 2.00 bits per heavy atom. The van der Waals surface area contributed by atoms with E-state index >= 15 is 0 Å². The van der Waals surface area contributed by atoms with Crippen LogP contribution in [-0.4, -0.2) is 49.4 Å². The number of fused-ring (bicyclic) bond motifs is 1. The van der Waals surface area contributed by atoms with Crippen LogP contribution in [0.3, 0.4) is 0 Å². The third kappa shape index (κ3) is 3.63. The molecule has 1 aromatic carbocycles. The second-order valence-electron chi connectivity index (χ2n) is 7.21. The average Bonchev–Trinajstić information content (AvgIpc) is 3.34. The normalized spacial score (nSPS) is 17.6. The number of nitrogens with one attached hydrogen (secondary N) is 1. The largest absolute Gasteiger partial charge is 0.337 e. The zero-order valence-electron chi connectivity index (χ0n) is 16.6.